The normalized spacial score (nSPS) is 12.4. The van der Waals surface area contributed by atoms with Gasteiger partial charge >= 0.3 is 21.1 Å². The van der Waals surface area contributed by atoms with Gasteiger partial charge in [0.2, 0.25) is 0 Å². The zero-order valence-electron chi connectivity index (χ0n) is 20.0. The summed E-state index contributed by atoms with van der Waals surface area (Å²) in [6, 6.07) is 39.3. The second-order valence-corrected chi connectivity index (χ2v) is 9.24. The Labute approximate surface area is 235 Å². The van der Waals surface area contributed by atoms with E-state index in [2.05, 4.69) is 105 Å². The minimum atomic E-state index is -0.109. The first-order valence-electron chi connectivity index (χ1n) is 12.3. The van der Waals surface area contributed by atoms with E-state index in [9.17, 15) is 0 Å². The van der Waals surface area contributed by atoms with Crippen molar-refractivity contribution in [1.82, 2.24) is 20.0 Å². The molecule has 7 heteroatoms. The predicted octanol–water partition coefficient (Wildman–Crippen LogP) is 4.83. The maximum atomic E-state index is 4.60. The number of rotatable bonds is 2. The third-order valence-electron chi connectivity index (χ3n) is 7.26. The summed E-state index contributed by atoms with van der Waals surface area (Å²) in [5.41, 5.74) is 12.0. The number of hydrogen-bond acceptors (Lipinski definition) is 4. The Kier molecular flexibility index (Phi) is 5.38. The van der Waals surface area contributed by atoms with E-state index in [1.165, 1.54) is 33.6 Å². The van der Waals surface area contributed by atoms with Crippen molar-refractivity contribution < 1.29 is 21.1 Å². The molecule has 0 fully saturated rings. The molecule has 38 heavy (non-hydrogen) atoms. The molecule has 4 heterocycles. The van der Waals surface area contributed by atoms with Crippen LogP contribution in [0.1, 0.15) is 0 Å². The largest absolute Gasteiger partial charge is 2.00 e. The third kappa shape index (κ3) is 3.34. The van der Waals surface area contributed by atoms with E-state index in [0.29, 0.717) is 0 Å². The Morgan fingerprint density at radius 3 is 2.00 bits per heavy atom. The Bertz CT molecular complexity index is 1800. The topological polar surface area (TPSA) is 46.8 Å². The molecule has 6 aromatic rings. The molecule has 8 rings (SSSR count). The van der Waals surface area contributed by atoms with Gasteiger partial charge in [0.1, 0.15) is 0 Å². The number of hydrogen-bond donors (Lipinski definition) is 0. The fourth-order valence-electron chi connectivity index (χ4n) is 5.69. The summed E-state index contributed by atoms with van der Waals surface area (Å²) in [6.07, 6.45) is 5.37. The molecular formula is C31H18BN5Pt. The van der Waals surface area contributed by atoms with Crippen LogP contribution in [0.3, 0.4) is 0 Å². The molecule has 0 bridgehead atoms. The van der Waals surface area contributed by atoms with E-state index in [-0.39, 0.29) is 27.9 Å². The zero-order chi connectivity index (χ0) is 24.3. The van der Waals surface area contributed by atoms with Gasteiger partial charge in [-0.3, -0.25) is 0 Å². The minimum absolute atomic E-state index is 0. The van der Waals surface area contributed by atoms with Crippen molar-refractivity contribution in [2.24, 2.45) is 0 Å². The third-order valence-corrected chi connectivity index (χ3v) is 7.26. The smallest absolute Gasteiger partial charge is 0.381 e. The average Bonchev–Trinajstić information content (AvgIpc) is 3.52. The molecular weight excluding hydrogens is 648 g/mol. The van der Waals surface area contributed by atoms with Gasteiger partial charge < -0.3 is 9.79 Å². The van der Waals surface area contributed by atoms with E-state index < -0.39 is 0 Å². The molecule has 4 aromatic carbocycles. The summed E-state index contributed by atoms with van der Waals surface area (Å²) in [4.78, 5) is 7.04. The van der Waals surface area contributed by atoms with E-state index >= 15 is 0 Å². The first-order chi connectivity index (χ1) is 18.4. The standard InChI is InChI=1S/C31H18BN5.Pt/c1-3-10-30-25(7-1)23-14-12-21(29-9-5-6-16-33-29)19-27(23)32-28-20-22(36-18-17-34-35-36)13-15-24(28)26-8-2-4-11-31(26)37(30)32;/h1-18H;/q-2;+2. The van der Waals surface area contributed by atoms with Crippen molar-refractivity contribution in [2.45, 2.75) is 0 Å². The van der Waals surface area contributed by atoms with Crippen molar-refractivity contribution >= 4 is 29.1 Å². The summed E-state index contributed by atoms with van der Waals surface area (Å²) >= 11 is 0. The van der Waals surface area contributed by atoms with Crippen LogP contribution in [0.25, 0.3) is 39.2 Å². The number of para-hydroxylation sites is 2. The molecule has 5 nitrogen and oxygen atoms in total. The summed E-state index contributed by atoms with van der Waals surface area (Å²) in [5.74, 6) is 0. The van der Waals surface area contributed by atoms with Gasteiger partial charge in [0.25, 0.3) is 6.85 Å². The van der Waals surface area contributed by atoms with E-state index in [0.717, 1.165) is 27.9 Å². The van der Waals surface area contributed by atoms with Gasteiger partial charge in [-0.2, -0.15) is 17.6 Å². The average molecular weight is 666 g/mol. The first kappa shape index (κ1) is 22.9. The molecule has 0 unspecified atom stereocenters. The van der Waals surface area contributed by atoms with Gasteiger partial charge in [0.05, 0.1) is 6.20 Å². The molecule has 2 aromatic heterocycles. The molecule has 0 aliphatic carbocycles. The predicted molar refractivity (Wildman–Crippen MR) is 147 cm³/mol. The molecule has 0 N–H and O–H groups in total. The van der Waals surface area contributed by atoms with Gasteiger partial charge in [0.15, 0.2) is 0 Å². The van der Waals surface area contributed by atoms with E-state index in [1.54, 1.807) is 10.9 Å². The van der Waals surface area contributed by atoms with Crippen LogP contribution >= 0.6 is 0 Å². The van der Waals surface area contributed by atoms with E-state index in [1.807, 2.05) is 30.6 Å². The maximum absolute atomic E-state index is 4.60. The molecule has 0 spiro atoms. The molecule has 0 atom stereocenters. The molecule has 2 aliphatic rings. The summed E-state index contributed by atoms with van der Waals surface area (Å²) in [7, 11) is 0. The number of nitrogens with zero attached hydrogens (tertiary/aromatic N) is 5. The van der Waals surface area contributed by atoms with Crippen LogP contribution in [0.5, 0.6) is 0 Å². The van der Waals surface area contributed by atoms with Crippen LogP contribution in [0.2, 0.25) is 0 Å². The summed E-state index contributed by atoms with van der Waals surface area (Å²) in [6.45, 7) is -0.109. The van der Waals surface area contributed by atoms with Crippen molar-refractivity contribution in [3.63, 3.8) is 0 Å². The van der Waals surface area contributed by atoms with Crippen molar-refractivity contribution in [1.29, 1.82) is 0 Å². The Morgan fingerprint density at radius 1 is 0.632 bits per heavy atom. The van der Waals surface area contributed by atoms with Gasteiger partial charge in [-0.15, -0.1) is 51.5 Å². The van der Waals surface area contributed by atoms with Crippen molar-refractivity contribution in [3.05, 3.63) is 122 Å². The SMILES string of the molecule is [Pt+2].[c-]1c(-c2ccccn2)ccc2c1B1c3[c-]c(-n4ccnn4)ccc3-c3ccccc3N1c1ccccc1-2. The monoisotopic (exact) mass is 666 g/mol. The maximum Gasteiger partial charge on any atom is 2.00 e. The van der Waals surface area contributed by atoms with Crippen LogP contribution in [0.4, 0.5) is 11.4 Å². The first-order valence-corrected chi connectivity index (χ1v) is 12.3. The number of anilines is 2. The zero-order valence-corrected chi connectivity index (χ0v) is 22.3. The fourth-order valence-corrected chi connectivity index (χ4v) is 5.69. The van der Waals surface area contributed by atoms with Gasteiger partial charge in [-0.25, -0.2) is 4.68 Å². The second-order valence-electron chi connectivity index (χ2n) is 9.24. The molecule has 0 saturated heterocycles. The molecule has 180 valence electrons. The fraction of sp³-hybridized carbons (Fsp3) is 0. The van der Waals surface area contributed by atoms with Crippen molar-refractivity contribution in [3.8, 4) is 39.2 Å². The second kappa shape index (κ2) is 8.93. The Balaban J connectivity index is 0.00000242. The van der Waals surface area contributed by atoms with Gasteiger partial charge in [0, 0.05) is 23.8 Å². The molecule has 2 aliphatic heterocycles. The Hall–Kier alpha value is -4.28. The van der Waals surface area contributed by atoms with Crippen LogP contribution in [-0.2, 0) is 21.1 Å². The number of aromatic nitrogens is 4. The number of fused-ring (bicyclic) bond motifs is 11. The van der Waals surface area contributed by atoms with Gasteiger partial charge in [-0.05, 0) is 35.1 Å². The quantitative estimate of drug-likeness (QED) is 0.196. The number of pyridine rings is 1. The van der Waals surface area contributed by atoms with E-state index in [4.69, 9.17) is 0 Å². The van der Waals surface area contributed by atoms with Crippen LogP contribution in [0.15, 0.2) is 110 Å². The van der Waals surface area contributed by atoms with Gasteiger partial charge in [-0.1, -0.05) is 59.3 Å². The molecule has 0 saturated carbocycles. The minimum Gasteiger partial charge on any atom is -0.381 e. The molecule has 0 amide bonds. The summed E-state index contributed by atoms with van der Waals surface area (Å²) in [5, 5.41) is 8.23. The van der Waals surface area contributed by atoms with Crippen LogP contribution in [-0.4, -0.2) is 26.8 Å². The molecule has 0 radical (unpaired) electrons. The number of benzene rings is 4. The Morgan fingerprint density at radius 2 is 1.32 bits per heavy atom. The van der Waals surface area contributed by atoms with Crippen molar-refractivity contribution in [2.75, 3.05) is 4.81 Å². The summed E-state index contributed by atoms with van der Waals surface area (Å²) < 4.78 is 1.76. The van der Waals surface area contributed by atoms with Crippen LogP contribution in [0, 0.1) is 12.1 Å². The van der Waals surface area contributed by atoms with Crippen LogP contribution < -0.4 is 15.7 Å².